The molecular weight excluding hydrogens is 252 g/mol. The number of hydrogen-bond donors (Lipinski definition) is 1. The molecule has 1 aliphatic heterocycles. The third-order valence-electron chi connectivity index (χ3n) is 2.58. The molecule has 0 saturated carbocycles. The van der Waals surface area contributed by atoms with Crippen LogP contribution in [0.3, 0.4) is 0 Å². The van der Waals surface area contributed by atoms with Gasteiger partial charge < -0.3 is 24.8 Å². The first-order chi connectivity index (χ1) is 8.68. The molecule has 7 heteroatoms. The monoisotopic (exact) mass is 274 g/mol. The maximum absolute atomic E-state index is 12.0. The molecule has 0 bridgehead atoms. The van der Waals surface area contributed by atoms with Gasteiger partial charge in [-0.05, 0) is 20.8 Å². The zero-order valence-electron chi connectivity index (χ0n) is 11.9. The van der Waals surface area contributed by atoms with E-state index in [0.717, 1.165) is 0 Å². The highest BCUT2D eigenvalue weighted by atomic mass is 16.6. The zero-order chi connectivity index (χ0) is 14.7. The minimum atomic E-state index is -1.36. The lowest BCUT2D eigenvalue weighted by atomic mass is 10.0. The van der Waals surface area contributed by atoms with Crippen LogP contribution in [0.4, 0.5) is 4.79 Å². The van der Waals surface area contributed by atoms with E-state index in [-0.39, 0.29) is 13.2 Å². The number of amides is 1. The summed E-state index contributed by atoms with van der Waals surface area (Å²) in [5, 5.41) is 0. The van der Waals surface area contributed by atoms with Gasteiger partial charge in [0, 0.05) is 6.54 Å². The van der Waals surface area contributed by atoms with Crippen LogP contribution in [0.2, 0.25) is 0 Å². The van der Waals surface area contributed by atoms with Crippen LogP contribution in [0.15, 0.2) is 0 Å². The lowest BCUT2D eigenvalue weighted by Gasteiger charge is -2.31. The number of esters is 1. The summed E-state index contributed by atoms with van der Waals surface area (Å²) in [6, 6.07) is 0. The highest BCUT2D eigenvalue weighted by Crippen LogP contribution is 2.15. The molecular formula is C12H22N2O5. The van der Waals surface area contributed by atoms with Gasteiger partial charge in [0.05, 0.1) is 26.9 Å². The Morgan fingerprint density at radius 3 is 2.53 bits per heavy atom. The molecule has 110 valence electrons. The number of nitrogens with two attached hydrogens (primary N) is 1. The lowest BCUT2D eigenvalue weighted by Crippen LogP contribution is -2.59. The number of rotatable bonds is 1. The fraction of sp³-hybridized carbons (Fsp3) is 0.833. The first kappa shape index (κ1) is 15.7. The maximum Gasteiger partial charge on any atom is 0.410 e. The van der Waals surface area contributed by atoms with E-state index in [0.29, 0.717) is 13.2 Å². The van der Waals surface area contributed by atoms with Crippen molar-refractivity contribution in [3.8, 4) is 0 Å². The Hall–Kier alpha value is -1.34. The summed E-state index contributed by atoms with van der Waals surface area (Å²) in [6.45, 7) is 5.97. The van der Waals surface area contributed by atoms with E-state index in [1.165, 1.54) is 12.0 Å². The first-order valence-electron chi connectivity index (χ1n) is 6.11. The predicted molar refractivity (Wildman–Crippen MR) is 67.6 cm³/mol. The van der Waals surface area contributed by atoms with Crippen molar-refractivity contribution in [1.82, 2.24) is 4.90 Å². The molecule has 7 nitrogen and oxygen atoms in total. The van der Waals surface area contributed by atoms with Gasteiger partial charge in [-0.3, -0.25) is 0 Å². The van der Waals surface area contributed by atoms with Gasteiger partial charge in [0.15, 0.2) is 5.54 Å². The van der Waals surface area contributed by atoms with Gasteiger partial charge in [-0.25, -0.2) is 9.59 Å². The number of carbonyl (C=O) groups is 2. The summed E-state index contributed by atoms with van der Waals surface area (Å²) in [5.74, 6) is -0.608. The van der Waals surface area contributed by atoms with Gasteiger partial charge in [0.2, 0.25) is 0 Å². The Morgan fingerprint density at radius 1 is 1.37 bits per heavy atom. The highest BCUT2D eigenvalue weighted by molar-refractivity contribution is 5.82. The Morgan fingerprint density at radius 2 is 2.00 bits per heavy atom. The average Bonchev–Trinajstić information content (AvgIpc) is 2.49. The zero-order valence-corrected chi connectivity index (χ0v) is 11.9. The number of methoxy groups -OCH3 is 1. The van der Waals surface area contributed by atoms with Gasteiger partial charge >= 0.3 is 12.1 Å². The van der Waals surface area contributed by atoms with Crippen molar-refractivity contribution in [3.05, 3.63) is 0 Å². The van der Waals surface area contributed by atoms with Crippen LogP contribution < -0.4 is 5.73 Å². The van der Waals surface area contributed by atoms with E-state index in [4.69, 9.17) is 15.2 Å². The molecule has 19 heavy (non-hydrogen) atoms. The summed E-state index contributed by atoms with van der Waals surface area (Å²) in [5.41, 5.74) is 3.99. The van der Waals surface area contributed by atoms with Crippen LogP contribution >= 0.6 is 0 Å². The molecule has 1 atom stereocenters. The van der Waals surface area contributed by atoms with Crippen molar-refractivity contribution in [2.24, 2.45) is 5.73 Å². The second-order valence-corrected chi connectivity index (χ2v) is 5.60. The van der Waals surface area contributed by atoms with Crippen LogP contribution in [-0.4, -0.2) is 61.5 Å². The number of hydrogen-bond acceptors (Lipinski definition) is 6. The van der Waals surface area contributed by atoms with Gasteiger partial charge in [-0.1, -0.05) is 0 Å². The van der Waals surface area contributed by atoms with Crippen LogP contribution in [0.25, 0.3) is 0 Å². The molecule has 1 saturated heterocycles. The normalized spacial score (nSPS) is 24.6. The van der Waals surface area contributed by atoms with Crippen molar-refractivity contribution in [2.45, 2.75) is 31.9 Å². The SMILES string of the molecule is COC(=O)C1(N)COCCN(C(=O)OC(C)(C)C)C1. The fourth-order valence-electron chi connectivity index (χ4n) is 1.70. The minimum Gasteiger partial charge on any atom is -0.468 e. The molecule has 1 unspecified atom stereocenters. The lowest BCUT2D eigenvalue weighted by molar-refractivity contribution is -0.149. The van der Waals surface area contributed by atoms with Gasteiger partial charge in [-0.2, -0.15) is 0 Å². The third-order valence-corrected chi connectivity index (χ3v) is 2.58. The van der Waals surface area contributed by atoms with Crippen molar-refractivity contribution < 1.29 is 23.8 Å². The maximum atomic E-state index is 12.0. The van der Waals surface area contributed by atoms with E-state index < -0.39 is 23.2 Å². The van der Waals surface area contributed by atoms with Crippen LogP contribution in [0.5, 0.6) is 0 Å². The summed E-state index contributed by atoms with van der Waals surface area (Å²) in [6.07, 6.45) is -0.517. The van der Waals surface area contributed by atoms with Gasteiger partial charge in [0.25, 0.3) is 0 Å². The molecule has 1 amide bonds. The molecule has 0 aliphatic carbocycles. The Bertz CT molecular complexity index is 353. The fourth-order valence-corrected chi connectivity index (χ4v) is 1.70. The Kier molecular flexibility index (Phi) is 4.75. The second-order valence-electron chi connectivity index (χ2n) is 5.60. The van der Waals surface area contributed by atoms with E-state index in [1.807, 2.05) is 0 Å². The average molecular weight is 274 g/mol. The molecule has 0 aromatic rings. The third kappa shape index (κ3) is 4.36. The molecule has 1 aliphatic rings. The molecule has 1 fully saturated rings. The number of carbonyl (C=O) groups excluding carboxylic acids is 2. The first-order valence-corrected chi connectivity index (χ1v) is 6.11. The molecule has 0 radical (unpaired) electrons. The van der Waals surface area contributed by atoms with Crippen molar-refractivity contribution in [3.63, 3.8) is 0 Å². The molecule has 1 rings (SSSR count). The van der Waals surface area contributed by atoms with E-state index >= 15 is 0 Å². The van der Waals surface area contributed by atoms with Gasteiger partial charge in [-0.15, -0.1) is 0 Å². The van der Waals surface area contributed by atoms with E-state index in [1.54, 1.807) is 20.8 Å². The van der Waals surface area contributed by atoms with Crippen LogP contribution in [-0.2, 0) is 19.0 Å². The van der Waals surface area contributed by atoms with Crippen molar-refractivity contribution >= 4 is 12.1 Å². The molecule has 0 spiro atoms. The van der Waals surface area contributed by atoms with Crippen molar-refractivity contribution in [1.29, 1.82) is 0 Å². The smallest absolute Gasteiger partial charge is 0.410 e. The largest absolute Gasteiger partial charge is 0.468 e. The van der Waals surface area contributed by atoms with Gasteiger partial charge in [0.1, 0.15) is 5.60 Å². The summed E-state index contributed by atoms with van der Waals surface area (Å²) < 4.78 is 15.2. The molecule has 2 N–H and O–H groups in total. The summed E-state index contributed by atoms with van der Waals surface area (Å²) in [4.78, 5) is 25.1. The topological polar surface area (TPSA) is 91.1 Å². The quantitative estimate of drug-likeness (QED) is 0.683. The summed E-state index contributed by atoms with van der Waals surface area (Å²) >= 11 is 0. The number of ether oxygens (including phenoxy) is 3. The van der Waals surface area contributed by atoms with E-state index in [2.05, 4.69) is 4.74 Å². The van der Waals surface area contributed by atoms with Crippen LogP contribution in [0, 0.1) is 0 Å². The second kappa shape index (κ2) is 5.75. The molecule has 0 aromatic carbocycles. The Labute approximate surface area is 113 Å². The number of nitrogens with zero attached hydrogens (tertiary/aromatic N) is 1. The summed E-state index contributed by atoms with van der Waals surface area (Å²) in [7, 11) is 1.25. The van der Waals surface area contributed by atoms with E-state index in [9.17, 15) is 9.59 Å². The predicted octanol–water partition coefficient (Wildman–Crippen LogP) is 0.124. The van der Waals surface area contributed by atoms with Crippen molar-refractivity contribution in [2.75, 3.05) is 33.4 Å². The van der Waals surface area contributed by atoms with Crippen LogP contribution in [0.1, 0.15) is 20.8 Å². The minimum absolute atomic E-state index is 0.00852. The molecule has 1 heterocycles. The Balaban J connectivity index is 2.79. The highest BCUT2D eigenvalue weighted by Gasteiger charge is 2.41. The standard InChI is InChI=1S/C12H22N2O5/c1-11(2,3)19-10(16)14-5-6-18-8-12(13,7-14)9(15)17-4/h5-8,13H2,1-4H3. The molecule has 0 aromatic heterocycles.